The first-order valence-electron chi connectivity index (χ1n) is 7.80. The SMILES string of the molecule is CN(CCCc1ccc(N)cc1)C1CCCCCC1. The zero-order chi connectivity index (χ0) is 13.5. The average Bonchev–Trinajstić information content (AvgIpc) is 2.70. The molecule has 0 aromatic heterocycles. The Morgan fingerprint density at radius 2 is 1.68 bits per heavy atom. The Hall–Kier alpha value is -1.02. The van der Waals surface area contributed by atoms with Crippen molar-refractivity contribution >= 4 is 5.69 Å². The summed E-state index contributed by atoms with van der Waals surface area (Å²) in [5.74, 6) is 0. The van der Waals surface area contributed by atoms with Crippen molar-refractivity contribution in [1.82, 2.24) is 4.90 Å². The summed E-state index contributed by atoms with van der Waals surface area (Å²) in [6, 6.07) is 9.14. The van der Waals surface area contributed by atoms with E-state index in [1.165, 1.54) is 57.1 Å². The van der Waals surface area contributed by atoms with Crippen LogP contribution in [0.5, 0.6) is 0 Å². The molecular weight excluding hydrogens is 232 g/mol. The molecule has 0 unspecified atom stereocenters. The normalized spacial score (nSPS) is 17.6. The molecule has 1 aromatic rings. The molecular formula is C17H28N2. The molecule has 106 valence electrons. The lowest BCUT2D eigenvalue weighted by atomic mass is 10.1. The zero-order valence-corrected chi connectivity index (χ0v) is 12.3. The van der Waals surface area contributed by atoms with E-state index in [1.54, 1.807) is 0 Å². The van der Waals surface area contributed by atoms with Crippen LogP contribution in [0.1, 0.15) is 50.5 Å². The fourth-order valence-electron chi connectivity index (χ4n) is 3.10. The lowest BCUT2D eigenvalue weighted by Crippen LogP contribution is -2.32. The molecule has 2 N–H and O–H groups in total. The van der Waals surface area contributed by atoms with Gasteiger partial charge in [-0.1, -0.05) is 37.8 Å². The van der Waals surface area contributed by atoms with E-state index in [9.17, 15) is 0 Å². The first-order valence-corrected chi connectivity index (χ1v) is 7.80. The van der Waals surface area contributed by atoms with Gasteiger partial charge < -0.3 is 10.6 Å². The number of nitrogens with zero attached hydrogens (tertiary/aromatic N) is 1. The second kappa shape index (κ2) is 7.54. The first-order chi connectivity index (χ1) is 9.25. The summed E-state index contributed by atoms with van der Waals surface area (Å²) in [6.07, 6.45) is 10.9. The third-order valence-electron chi connectivity index (χ3n) is 4.40. The summed E-state index contributed by atoms with van der Waals surface area (Å²) in [7, 11) is 2.30. The van der Waals surface area contributed by atoms with Gasteiger partial charge in [0.15, 0.2) is 0 Å². The number of nitrogens with two attached hydrogens (primary N) is 1. The maximum absolute atomic E-state index is 5.71. The summed E-state index contributed by atoms with van der Waals surface area (Å²) >= 11 is 0. The van der Waals surface area contributed by atoms with Crippen LogP contribution in [0.2, 0.25) is 0 Å². The minimum Gasteiger partial charge on any atom is -0.399 e. The van der Waals surface area contributed by atoms with E-state index in [4.69, 9.17) is 5.73 Å². The van der Waals surface area contributed by atoms with Gasteiger partial charge in [-0.05, 0) is 57.0 Å². The van der Waals surface area contributed by atoms with Crippen molar-refractivity contribution in [3.8, 4) is 0 Å². The molecule has 0 atom stereocenters. The molecule has 0 bridgehead atoms. The van der Waals surface area contributed by atoms with Crippen LogP contribution in [0.25, 0.3) is 0 Å². The molecule has 1 aliphatic carbocycles. The van der Waals surface area contributed by atoms with E-state index in [0.717, 1.165) is 18.2 Å². The molecule has 0 aliphatic heterocycles. The summed E-state index contributed by atoms with van der Waals surface area (Å²) in [4.78, 5) is 2.59. The van der Waals surface area contributed by atoms with Crippen molar-refractivity contribution in [2.24, 2.45) is 0 Å². The highest BCUT2D eigenvalue weighted by Crippen LogP contribution is 2.21. The number of anilines is 1. The second-order valence-electron chi connectivity index (χ2n) is 5.97. The van der Waals surface area contributed by atoms with Crippen LogP contribution in [0.15, 0.2) is 24.3 Å². The van der Waals surface area contributed by atoms with E-state index in [1.807, 2.05) is 12.1 Å². The highest BCUT2D eigenvalue weighted by Gasteiger charge is 2.16. The van der Waals surface area contributed by atoms with Crippen LogP contribution < -0.4 is 5.73 Å². The molecule has 0 saturated heterocycles. The van der Waals surface area contributed by atoms with Gasteiger partial charge >= 0.3 is 0 Å². The van der Waals surface area contributed by atoms with Gasteiger partial charge in [-0.15, -0.1) is 0 Å². The van der Waals surface area contributed by atoms with Crippen molar-refractivity contribution in [1.29, 1.82) is 0 Å². The predicted octanol–water partition coefficient (Wildman–Crippen LogP) is 3.86. The molecule has 1 aliphatic rings. The number of nitrogen functional groups attached to an aromatic ring is 1. The van der Waals surface area contributed by atoms with E-state index < -0.39 is 0 Å². The maximum atomic E-state index is 5.71. The van der Waals surface area contributed by atoms with Gasteiger partial charge in [0.2, 0.25) is 0 Å². The smallest absolute Gasteiger partial charge is 0.0314 e. The summed E-state index contributed by atoms with van der Waals surface area (Å²) in [6.45, 7) is 1.22. The van der Waals surface area contributed by atoms with Gasteiger partial charge in [0.1, 0.15) is 0 Å². The number of benzene rings is 1. The minimum absolute atomic E-state index is 0.828. The number of hydrogen-bond acceptors (Lipinski definition) is 2. The summed E-state index contributed by atoms with van der Waals surface area (Å²) in [5.41, 5.74) is 7.97. The Balaban J connectivity index is 1.70. The average molecular weight is 260 g/mol. The van der Waals surface area contributed by atoms with Gasteiger partial charge in [-0.3, -0.25) is 0 Å². The Morgan fingerprint density at radius 1 is 1.05 bits per heavy atom. The van der Waals surface area contributed by atoms with Crippen molar-refractivity contribution in [2.45, 2.75) is 57.4 Å². The van der Waals surface area contributed by atoms with Crippen LogP contribution in [-0.4, -0.2) is 24.5 Å². The van der Waals surface area contributed by atoms with Crippen LogP contribution in [-0.2, 0) is 6.42 Å². The largest absolute Gasteiger partial charge is 0.399 e. The van der Waals surface area contributed by atoms with Crippen LogP contribution >= 0.6 is 0 Å². The number of hydrogen-bond donors (Lipinski definition) is 1. The van der Waals surface area contributed by atoms with E-state index in [0.29, 0.717) is 0 Å². The fraction of sp³-hybridized carbons (Fsp3) is 0.647. The highest BCUT2D eigenvalue weighted by atomic mass is 15.1. The van der Waals surface area contributed by atoms with Crippen molar-refractivity contribution in [3.63, 3.8) is 0 Å². The molecule has 2 rings (SSSR count). The van der Waals surface area contributed by atoms with Gasteiger partial charge in [0, 0.05) is 11.7 Å². The lowest BCUT2D eigenvalue weighted by molar-refractivity contribution is 0.219. The molecule has 0 amide bonds. The van der Waals surface area contributed by atoms with E-state index >= 15 is 0 Å². The number of rotatable bonds is 5. The summed E-state index contributed by atoms with van der Waals surface area (Å²) in [5, 5.41) is 0. The topological polar surface area (TPSA) is 29.3 Å². The van der Waals surface area contributed by atoms with Crippen molar-refractivity contribution in [2.75, 3.05) is 19.3 Å². The molecule has 1 saturated carbocycles. The lowest BCUT2D eigenvalue weighted by Gasteiger charge is -2.27. The van der Waals surface area contributed by atoms with Gasteiger partial charge in [0.05, 0.1) is 0 Å². The molecule has 1 aromatic carbocycles. The third kappa shape index (κ3) is 4.87. The Morgan fingerprint density at radius 3 is 2.32 bits per heavy atom. The monoisotopic (exact) mass is 260 g/mol. The summed E-state index contributed by atoms with van der Waals surface area (Å²) < 4.78 is 0. The van der Waals surface area contributed by atoms with E-state index in [-0.39, 0.29) is 0 Å². The highest BCUT2D eigenvalue weighted by molar-refractivity contribution is 5.39. The van der Waals surface area contributed by atoms with Gasteiger partial charge in [-0.2, -0.15) is 0 Å². The van der Waals surface area contributed by atoms with Gasteiger partial charge in [0.25, 0.3) is 0 Å². The molecule has 0 heterocycles. The number of aryl methyl sites for hydroxylation is 1. The minimum atomic E-state index is 0.828. The standard InChI is InChI=1S/C17H28N2/c1-19(17-8-4-2-3-5-9-17)14-6-7-15-10-12-16(18)13-11-15/h10-13,17H,2-9,14,18H2,1H3. The molecule has 19 heavy (non-hydrogen) atoms. The quantitative estimate of drug-likeness (QED) is 0.643. The zero-order valence-electron chi connectivity index (χ0n) is 12.3. The van der Waals surface area contributed by atoms with Crippen LogP contribution in [0.4, 0.5) is 5.69 Å². The molecule has 0 spiro atoms. The third-order valence-corrected chi connectivity index (χ3v) is 4.40. The van der Waals surface area contributed by atoms with E-state index in [2.05, 4.69) is 24.1 Å². The van der Waals surface area contributed by atoms with Crippen LogP contribution in [0.3, 0.4) is 0 Å². The molecule has 1 fully saturated rings. The Bertz CT molecular complexity index is 350. The second-order valence-corrected chi connectivity index (χ2v) is 5.97. The van der Waals surface area contributed by atoms with Crippen LogP contribution in [0, 0.1) is 0 Å². The molecule has 0 radical (unpaired) electrons. The maximum Gasteiger partial charge on any atom is 0.0314 e. The Kier molecular flexibility index (Phi) is 5.71. The van der Waals surface area contributed by atoms with Crippen molar-refractivity contribution in [3.05, 3.63) is 29.8 Å². The van der Waals surface area contributed by atoms with Crippen molar-refractivity contribution < 1.29 is 0 Å². The Labute approximate surface area is 118 Å². The molecule has 2 nitrogen and oxygen atoms in total. The predicted molar refractivity (Wildman–Crippen MR) is 83.3 cm³/mol. The van der Waals surface area contributed by atoms with Gasteiger partial charge in [-0.25, -0.2) is 0 Å². The first kappa shape index (κ1) is 14.4. The molecule has 2 heteroatoms. The fourth-order valence-corrected chi connectivity index (χ4v) is 3.10.